The highest BCUT2D eigenvalue weighted by Crippen LogP contribution is 2.30. The van der Waals surface area contributed by atoms with Gasteiger partial charge in [0.1, 0.15) is 6.04 Å². The zero-order valence-electron chi connectivity index (χ0n) is 20.9. The van der Waals surface area contributed by atoms with Crippen LogP contribution in [0.15, 0.2) is 18.2 Å². The summed E-state index contributed by atoms with van der Waals surface area (Å²) in [6.07, 6.45) is 7.17. The lowest BCUT2D eigenvalue weighted by atomic mass is 9.83. The number of ether oxygens (including phenoxy) is 2. The molecule has 0 aliphatic carbocycles. The molecule has 0 radical (unpaired) electrons. The van der Waals surface area contributed by atoms with Crippen LogP contribution in [0.25, 0.3) is 0 Å². The Hall–Kier alpha value is -2.81. The van der Waals surface area contributed by atoms with Crippen LogP contribution in [0.3, 0.4) is 0 Å². The van der Waals surface area contributed by atoms with Crippen molar-refractivity contribution in [2.24, 2.45) is 5.92 Å². The molecule has 3 saturated heterocycles. The van der Waals surface area contributed by atoms with Crippen LogP contribution in [-0.4, -0.2) is 80.1 Å². The summed E-state index contributed by atoms with van der Waals surface area (Å²) in [6.45, 7) is 3.33. The molecule has 0 saturated carbocycles. The maximum Gasteiger partial charge on any atom is 0.324 e. The van der Waals surface area contributed by atoms with Crippen molar-refractivity contribution in [2.75, 3.05) is 40.4 Å². The Bertz CT molecular complexity index is 921. The normalized spacial score (nSPS) is 24.6. The number of nitrogens with one attached hydrogen (secondary N) is 2. The third-order valence-electron chi connectivity index (χ3n) is 7.63. The fraction of sp³-hybridized carbons (Fsp3) is 0.654. The first kappa shape index (κ1) is 25.3. The Labute approximate surface area is 207 Å². The largest absolute Gasteiger partial charge is 0.493 e. The quantitative estimate of drug-likeness (QED) is 0.493. The Morgan fingerprint density at radius 3 is 2.69 bits per heavy atom. The van der Waals surface area contributed by atoms with Gasteiger partial charge in [0.05, 0.1) is 14.2 Å². The summed E-state index contributed by atoms with van der Waals surface area (Å²) in [5.74, 6) is 1.42. The maximum absolute atomic E-state index is 12.8. The molecule has 4 rings (SSSR count). The molecule has 9 nitrogen and oxygen atoms in total. The standard InChI is InChI=1S/C26H38N4O5/c1-34-22-10-8-18(16-23(22)35-2)12-15-30-25(32)20(28-26(30)33)9-11-24(31)27-17-19-6-5-14-29-13-4-3-7-21(19)29/h8,10,16,19-21H,3-7,9,11-15,17H2,1-2H3,(H,27,31)(H,28,33)/t19-,20-,21+/m0/s1. The van der Waals surface area contributed by atoms with Crippen molar-refractivity contribution in [3.8, 4) is 11.5 Å². The number of imide groups is 1. The van der Waals surface area contributed by atoms with Gasteiger partial charge >= 0.3 is 6.03 Å². The lowest BCUT2D eigenvalue weighted by molar-refractivity contribution is -0.127. The zero-order valence-corrected chi connectivity index (χ0v) is 20.9. The van der Waals surface area contributed by atoms with E-state index in [1.165, 1.54) is 43.7 Å². The third kappa shape index (κ3) is 6.07. The number of fused-ring (bicyclic) bond motifs is 1. The molecule has 3 aliphatic heterocycles. The first-order valence-electron chi connectivity index (χ1n) is 12.8. The third-order valence-corrected chi connectivity index (χ3v) is 7.63. The topological polar surface area (TPSA) is 100 Å². The number of carbonyl (C=O) groups is 3. The minimum Gasteiger partial charge on any atom is -0.493 e. The van der Waals surface area contributed by atoms with Crippen LogP contribution in [-0.2, 0) is 16.0 Å². The molecular weight excluding hydrogens is 448 g/mol. The molecule has 3 fully saturated rings. The zero-order chi connectivity index (χ0) is 24.8. The molecule has 0 spiro atoms. The fourth-order valence-electron chi connectivity index (χ4n) is 5.69. The van der Waals surface area contributed by atoms with Crippen LogP contribution in [0, 0.1) is 5.92 Å². The van der Waals surface area contributed by atoms with Crippen LogP contribution in [0.4, 0.5) is 4.79 Å². The molecular formula is C26H38N4O5. The predicted octanol–water partition coefficient (Wildman–Crippen LogP) is 2.33. The molecule has 0 unspecified atom stereocenters. The summed E-state index contributed by atoms with van der Waals surface area (Å²) < 4.78 is 10.6. The summed E-state index contributed by atoms with van der Waals surface area (Å²) >= 11 is 0. The van der Waals surface area contributed by atoms with Gasteiger partial charge in [-0.15, -0.1) is 0 Å². The van der Waals surface area contributed by atoms with E-state index in [9.17, 15) is 14.4 Å². The number of nitrogens with zero attached hydrogens (tertiary/aromatic N) is 2. The monoisotopic (exact) mass is 486 g/mol. The van der Waals surface area contributed by atoms with Crippen LogP contribution < -0.4 is 20.1 Å². The summed E-state index contributed by atoms with van der Waals surface area (Å²) in [5, 5.41) is 5.82. The summed E-state index contributed by atoms with van der Waals surface area (Å²) in [6, 6.07) is 5.08. The molecule has 192 valence electrons. The van der Waals surface area contributed by atoms with E-state index >= 15 is 0 Å². The van der Waals surface area contributed by atoms with Gasteiger partial charge in [-0.3, -0.25) is 14.5 Å². The molecule has 3 atom stereocenters. The van der Waals surface area contributed by atoms with Crippen LogP contribution in [0.5, 0.6) is 11.5 Å². The summed E-state index contributed by atoms with van der Waals surface area (Å²) in [7, 11) is 3.14. The summed E-state index contributed by atoms with van der Waals surface area (Å²) in [5.41, 5.74) is 0.935. The molecule has 4 amide bonds. The van der Waals surface area contributed by atoms with Gasteiger partial charge in [0.2, 0.25) is 5.91 Å². The highest BCUT2D eigenvalue weighted by Gasteiger charge is 2.38. The molecule has 1 aromatic rings. The predicted molar refractivity (Wildman–Crippen MR) is 131 cm³/mol. The number of amides is 4. The van der Waals surface area contributed by atoms with E-state index in [0.29, 0.717) is 42.8 Å². The van der Waals surface area contributed by atoms with E-state index in [2.05, 4.69) is 15.5 Å². The molecule has 0 bridgehead atoms. The fourth-order valence-corrected chi connectivity index (χ4v) is 5.69. The van der Waals surface area contributed by atoms with Crippen LogP contribution in [0.2, 0.25) is 0 Å². The van der Waals surface area contributed by atoms with Crippen molar-refractivity contribution in [2.45, 2.75) is 63.5 Å². The number of methoxy groups -OCH3 is 2. The van der Waals surface area contributed by atoms with Gasteiger partial charge in [-0.25, -0.2) is 4.79 Å². The lowest BCUT2D eigenvalue weighted by Crippen LogP contribution is -2.51. The van der Waals surface area contributed by atoms with Gasteiger partial charge in [-0.2, -0.15) is 0 Å². The second-order valence-corrected chi connectivity index (χ2v) is 9.78. The highest BCUT2D eigenvalue weighted by molar-refractivity contribution is 6.04. The Morgan fingerprint density at radius 1 is 1.09 bits per heavy atom. The van der Waals surface area contributed by atoms with Gasteiger partial charge < -0.3 is 25.0 Å². The van der Waals surface area contributed by atoms with Gasteiger partial charge in [-0.1, -0.05) is 12.5 Å². The van der Waals surface area contributed by atoms with Crippen molar-refractivity contribution in [1.29, 1.82) is 0 Å². The number of benzene rings is 1. The van der Waals surface area contributed by atoms with Crippen LogP contribution in [0.1, 0.15) is 50.5 Å². The minimum absolute atomic E-state index is 0.0521. The molecule has 1 aromatic carbocycles. The van der Waals surface area contributed by atoms with Crippen LogP contribution >= 0.6 is 0 Å². The lowest BCUT2D eigenvalue weighted by Gasteiger charge is -2.44. The van der Waals surface area contributed by atoms with Gasteiger partial charge in [0.15, 0.2) is 11.5 Å². The van der Waals surface area contributed by atoms with E-state index < -0.39 is 12.1 Å². The summed E-state index contributed by atoms with van der Waals surface area (Å²) in [4.78, 5) is 41.5. The number of hydrogen-bond acceptors (Lipinski definition) is 6. The van der Waals surface area contributed by atoms with Crippen molar-refractivity contribution >= 4 is 17.8 Å². The van der Waals surface area contributed by atoms with Gasteiger partial charge in [0, 0.05) is 25.6 Å². The van der Waals surface area contributed by atoms with Crippen molar-refractivity contribution < 1.29 is 23.9 Å². The molecule has 0 aromatic heterocycles. The maximum atomic E-state index is 12.8. The number of carbonyl (C=O) groups excluding carboxylic acids is 3. The number of rotatable bonds is 10. The van der Waals surface area contributed by atoms with E-state index in [4.69, 9.17) is 9.47 Å². The number of urea groups is 1. The van der Waals surface area contributed by atoms with E-state index in [-0.39, 0.29) is 24.8 Å². The molecule has 9 heteroatoms. The molecule has 2 N–H and O–H groups in total. The van der Waals surface area contributed by atoms with Gasteiger partial charge in [-0.05, 0) is 75.2 Å². The Balaban J connectivity index is 1.21. The average molecular weight is 487 g/mol. The minimum atomic E-state index is -0.651. The second-order valence-electron chi connectivity index (χ2n) is 9.78. The van der Waals surface area contributed by atoms with E-state index in [1.54, 1.807) is 20.3 Å². The first-order chi connectivity index (χ1) is 17.0. The first-order valence-corrected chi connectivity index (χ1v) is 12.8. The number of piperidine rings is 2. The van der Waals surface area contributed by atoms with Crippen molar-refractivity contribution in [1.82, 2.24) is 20.4 Å². The van der Waals surface area contributed by atoms with E-state index in [1.807, 2.05) is 12.1 Å². The molecule has 3 heterocycles. The number of hydrogen-bond donors (Lipinski definition) is 2. The second kappa shape index (κ2) is 11.7. The smallest absolute Gasteiger partial charge is 0.324 e. The average Bonchev–Trinajstić information content (AvgIpc) is 3.16. The van der Waals surface area contributed by atoms with Gasteiger partial charge in [0.25, 0.3) is 5.91 Å². The highest BCUT2D eigenvalue weighted by atomic mass is 16.5. The van der Waals surface area contributed by atoms with E-state index in [0.717, 1.165) is 12.0 Å². The Morgan fingerprint density at radius 2 is 1.89 bits per heavy atom. The Kier molecular flexibility index (Phi) is 8.49. The molecule has 35 heavy (non-hydrogen) atoms. The molecule has 3 aliphatic rings. The SMILES string of the molecule is COc1ccc(CCN2C(=O)N[C@@H](CCC(=O)NC[C@@H]3CCCN4CCCC[C@H]34)C2=O)cc1OC. The van der Waals surface area contributed by atoms with Crippen molar-refractivity contribution in [3.63, 3.8) is 0 Å². The van der Waals surface area contributed by atoms with Crippen molar-refractivity contribution in [3.05, 3.63) is 23.8 Å².